The Morgan fingerprint density at radius 2 is 1.83 bits per heavy atom. The third kappa shape index (κ3) is 2.93. The molecule has 1 fully saturated rings. The molecule has 0 spiro atoms. The summed E-state index contributed by atoms with van der Waals surface area (Å²) in [6.45, 7) is 4.15. The summed E-state index contributed by atoms with van der Waals surface area (Å²) >= 11 is 0. The van der Waals surface area contributed by atoms with Gasteiger partial charge in [0, 0.05) is 18.6 Å². The minimum absolute atomic E-state index is 0.225. The van der Waals surface area contributed by atoms with Gasteiger partial charge in [0.25, 0.3) is 0 Å². The van der Waals surface area contributed by atoms with Gasteiger partial charge in [-0.05, 0) is 44.2 Å². The van der Waals surface area contributed by atoms with E-state index in [2.05, 4.69) is 49.2 Å². The summed E-state index contributed by atoms with van der Waals surface area (Å²) in [5.74, 6) is 0.870. The van der Waals surface area contributed by atoms with Crippen molar-refractivity contribution in [1.29, 1.82) is 0 Å². The largest absolute Gasteiger partial charge is 0.329 e. The van der Waals surface area contributed by atoms with Crippen LogP contribution in [0, 0.1) is 5.92 Å². The highest BCUT2D eigenvalue weighted by atomic mass is 15.2. The Kier molecular flexibility index (Phi) is 4.41. The van der Waals surface area contributed by atoms with E-state index in [-0.39, 0.29) is 5.54 Å². The molecule has 1 saturated carbocycles. The highest BCUT2D eigenvalue weighted by molar-refractivity contribution is 5.15. The van der Waals surface area contributed by atoms with Gasteiger partial charge < -0.3 is 5.73 Å². The van der Waals surface area contributed by atoms with Crippen LogP contribution >= 0.6 is 0 Å². The first kappa shape index (κ1) is 13.6. The molecule has 2 N–H and O–H groups in total. The highest BCUT2D eigenvalue weighted by Crippen LogP contribution is 2.35. The fraction of sp³-hybridized carbons (Fsp3) is 0.625. The maximum Gasteiger partial charge on any atom is 0.0332 e. The molecule has 0 aromatic heterocycles. The number of hydrogen-bond donors (Lipinski definition) is 1. The molecule has 2 heteroatoms. The van der Waals surface area contributed by atoms with E-state index in [0.29, 0.717) is 0 Å². The Morgan fingerprint density at radius 1 is 1.22 bits per heavy atom. The molecule has 0 heterocycles. The average molecular weight is 246 g/mol. The molecule has 0 atom stereocenters. The van der Waals surface area contributed by atoms with Gasteiger partial charge in [-0.15, -0.1) is 0 Å². The summed E-state index contributed by atoms with van der Waals surface area (Å²) in [6, 6.07) is 10.7. The minimum atomic E-state index is 0.225. The van der Waals surface area contributed by atoms with E-state index >= 15 is 0 Å². The maximum absolute atomic E-state index is 6.10. The summed E-state index contributed by atoms with van der Waals surface area (Å²) in [4.78, 5) is 2.48. The van der Waals surface area contributed by atoms with Crippen LogP contribution in [0.5, 0.6) is 0 Å². The third-order valence-electron chi connectivity index (χ3n) is 4.66. The quantitative estimate of drug-likeness (QED) is 0.885. The van der Waals surface area contributed by atoms with Crippen LogP contribution in [-0.2, 0) is 6.54 Å². The molecule has 18 heavy (non-hydrogen) atoms. The van der Waals surface area contributed by atoms with Crippen molar-refractivity contribution < 1.29 is 0 Å². The topological polar surface area (TPSA) is 29.3 Å². The first-order valence-electron chi connectivity index (χ1n) is 7.11. The molecule has 1 aliphatic rings. The van der Waals surface area contributed by atoms with Crippen molar-refractivity contribution in [3.8, 4) is 0 Å². The number of nitrogens with zero attached hydrogens (tertiary/aromatic N) is 1. The van der Waals surface area contributed by atoms with Crippen molar-refractivity contribution in [2.24, 2.45) is 11.7 Å². The highest BCUT2D eigenvalue weighted by Gasteiger charge is 2.36. The monoisotopic (exact) mass is 246 g/mol. The molecule has 1 aromatic carbocycles. The third-order valence-corrected chi connectivity index (χ3v) is 4.66. The Morgan fingerprint density at radius 3 is 2.39 bits per heavy atom. The lowest BCUT2D eigenvalue weighted by Crippen LogP contribution is -2.53. The van der Waals surface area contributed by atoms with Gasteiger partial charge >= 0.3 is 0 Å². The van der Waals surface area contributed by atoms with Crippen molar-refractivity contribution in [3.63, 3.8) is 0 Å². The van der Waals surface area contributed by atoms with Crippen LogP contribution in [0.15, 0.2) is 30.3 Å². The molecule has 1 aliphatic carbocycles. The predicted molar refractivity (Wildman–Crippen MR) is 77.3 cm³/mol. The number of likely N-dealkylation sites (N-methyl/N-ethyl adjacent to an activating group) is 1. The maximum atomic E-state index is 6.10. The van der Waals surface area contributed by atoms with Gasteiger partial charge in [-0.25, -0.2) is 0 Å². The number of hydrogen-bond acceptors (Lipinski definition) is 2. The first-order chi connectivity index (χ1) is 8.66. The smallest absolute Gasteiger partial charge is 0.0332 e. The van der Waals surface area contributed by atoms with Crippen LogP contribution in [-0.4, -0.2) is 24.0 Å². The lowest BCUT2D eigenvalue weighted by atomic mass is 9.76. The molecule has 100 valence electrons. The zero-order valence-corrected chi connectivity index (χ0v) is 11.7. The van der Waals surface area contributed by atoms with E-state index in [9.17, 15) is 0 Å². The van der Waals surface area contributed by atoms with Crippen LogP contribution in [0.4, 0.5) is 0 Å². The van der Waals surface area contributed by atoms with Gasteiger partial charge in [-0.3, -0.25) is 4.90 Å². The summed E-state index contributed by atoms with van der Waals surface area (Å²) in [6.07, 6.45) is 5.12. The van der Waals surface area contributed by atoms with Crippen molar-refractivity contribution in [2.45, 2.75) is 44.7 Å². The molecule has 2 rings (SSSR count). The standard InChI is InChI=1S/C16H26N2/c1-14-8-10-16(13-17,11-9-14)18(2)12-15-6-4-3-5-7-15/h3-7,14H,8-13,17H2,1-2H3. The van der Waals surface area contributed by atoms with Crippen LogP contribution in [0.1, 0.15) is 38.2 Å². The summed E-state index contributed by atoms with van der Waals surface area (Å²) < 4.78 is 0. The van der Waals surface area contributed by atoms with Crippen LogP contribution < -0.4 is 5.73 Å². The first-order valence-corrected chi connectivity index (χ1v) is 7.11. The number of rotatable bonds is 4. The second kappa shape index (κ2) is 5.85. The van der Waals surface area contributed by atoms with E-state index < -0.39 is 0 Å². The molecular weight excluding hydrogens is 220 g/mol. The summed E-state index contributed by atoms with van der Waals surface area (Å²) in [5.41, 5.74) is 7.70. The van der Waals surface area contributed by atoms with E-state index in [4.69, 9.17) is 5.73 Å². The SMILES string of the molecule is CC1CCC(CN)(N(C)Cc2ccccc2)CC1. The van der Waals surface area contributed by atoms with Gasteiger partial charge in [0.15, 0.2) is 0 Å². The fourth-order valence-corrected chi connectivity index (χ4v) is 3.07. The van der Waals surface area contributed by atoms with Gasteiger partial charge in [-0.1, -0.05) is 37.3 Å². The van der Waals surface area contributed by atoms with Crippen molar-refractivity contribution in [2.75, 3.05) is 13.6 Å². The minimum Gasteiger partial charge on any atom is -0.329 e. The zero-order valence-electron chi connectivity index (χ0n) is 11.7. The van der Waals surface area contributed by atoms with E-state index in [1.807, 2.05) is 0 Å². The molecule has 0 saturated heterocycles. The summed E-state index contributed by atoms with van der Waals surface area (Å²) in [7, 11) is 2.23. The second-order valence-electron chi connectivity index (χ2n) is 5.95. The molecule has 0 radical (unpaired) electrons. The average Bonchev–Trinajstić information content (AvgIpc) is 2.41. The Hall–Kier alpha value is -0.860. The van der Waals surface area contributed by atoms with E-state index in [1.165, 1.54) is 31.2 Å². The van der Waals surface area contributed by atoms with Crippen LogP contribution in [0.2, 0.25) is 0 Å². The van der Waals surface area contributed by atoms with Gasteiger partial charge in [-0.2, -0.15) is 0 Å². The Bertz CT molecular complexity index is 353. The van der Waals surface area contributed by atoms with Gasteiger partial charge in [0.2, 0.25) is 0 Å². The predicted octanol–water partition coefficient (Wildman–Crippen LogP) is 3.03. The fourth-order valence-electron chi connectivity index (χ4n) is 3.07. The Balaban J connectivity index is 2.03. The lowest BCUT2D eigenvalue weighted by molar-refractivity contribution is 0.0616. The van der Waals surface area contributed by atoms with Crippen LogP contribution in [0.3, 0.4) is 0 Å². The van der Waals surface area contributed by atoms with Crippen molar-refractivity contribution >= 4 is 0 Å². The molecule has 0 aliphatic heterocycles. The van der Waals surface area contributed by atoms with E-state index in [0.717, 1.165) is 19.0 Å². The molecule has 0 unspecified atom stereocenters. The number of benzene rings is 1. The molecular formula is C16H26N2. The van der Waals surface area contributed by atoms with E-state index in [1.54, 1.807) is 0 Å². The molecule has 2 nitrogen and oxygen atoms in total. The summed E-state index contributed by atoms with van der Waals surface area (Å²) in [5, 5.41) is 0. The Labute approximate surface area is 111 Å². The molecule has 1 aromatic rings. The molecule has 0 bridgehead atoms. The zero-order chi connectivity index (χ0) is 13.0. The number of nitrogens with two attached hydrogens (primary N) is 1. The second-order valence-corrected chi connectivity index (χ2v) is 5.95. The normalized spacial score (nSPS) is 28.6. The lowest BCUT2D eigenvalue weighted by Gasteiger charge is -2.45. The molecule has 0 amide bonds. The van der Waals surface area contributed by atoms with Crippen LogP contribution in [0.25, 0.3) is 0 Å². The van der Waals surface area contributed by atoms with Crippen molar-refractivity contribution in [1.82, 2.24) is 4.90 Å². The van der Waals surface area contributed by atoms with Crippen molar-refractivity contribution in [3.05, 3.63) is 35.9 Å². The van der Waals surface area contributed by atoms with Gasteiger partial charge in [0.1, 0.15) is 0 Å². The van der Waals surface area contributed by atoms with Gasteiger partial charge in [0.05, 0.1) is 0 Å².